The van der Waals surface area contributed by atoms with E-state index in [0.717, 1.165) is 5.56 Å². The van der Waals surface area contributed by atoms with E-state index in [2.05, 4.69) is 15.3 Å². The Hall–Kier alpha value is -2.87. The van der Waals surface area contributed by atoms with Gasteiger partial charge in [-0.05, 0) is 24.1 Å². The van der Waals surface area contributed by atoms with Crippen LogP contribution >= 0.6 is 11.6 Å². The summed E-state index contributed by atoms with van der Waals surface area (Å²) in [6.45, 7) is 3.90. The van der Waals surface area contributed by atoms with Crippen molar-refractivity contribution >= 4 is 35.1 Å². The third kappa shape index (κ3) is 4.82. The molecule has 0 aliphatic heterocycles. The van der Waals surface area contributed by atoms with Gasteiger partial charge in [-0.15, -0.1) is 0 Å². The number of benzene rings is 1. The third-order valence-electron chi connectivity index (χ3n) is 3.68. The molecule has 0 aliphatic rings. The molecule has 26 heavy (non-hydrogen) atoms. The van der Waals surface area contributed by atoms with Gasteiger partial charge in [0.1, 0.15) is 0 Å². The summed E-state index contributed by atoms with van der Waals surface area (Å²) >= 11 is 6.10. The lowest BCUT2D eigenvalue weighted by Gasteiger charge is -2.15. The standard InChI is InChI=1S/C17H20ClN5O3/c1-3-12-14(18)23-16(13(22-12)15(19)24)21-11-6-4-5-10(7-11)9(2)8-26-17(20)25/h4-7,9H,3,8H2,1-2H3,(H2,19,24)(H2,20,25)(H,21,23)/t9-/m0/s1. The average molecular weight is 378 g/mol. The Labute approximate surface area is 155 Å². The zero-order chi connectivity index (χ0) is 19.3. The summed E-state index contributed by atoms with van der Waals surface area (Å²) < 4.78 is 4.83. The largest absolute Gasteiger partial charge is 0.449 e. The van der Waals surface area contributed by atoms with Crippen molar-refractivity contribution in [3.63, 3.8) is 0 Å². The number of ether oxygens (including phenoxy) is 1. The van der Waals surface area contributed by atoms with E-state index in [0.29, 0.717) is 17.8 Å². The lowest BCUT2D eigenvalue weighted by atomic mass is 10.0. The van der Waals surface area contributed by atoms with E-state index in [1.54, 1.807) is 6.07 Å². The van der Waals surface area contributed by atoms with Crippen LogP contribution in [0, 0.1) is 0 Å². The maximum Gasteiger partial charge on any atom is 0.404 e. The molecule has 0 spiro atoms. The molecule has 2 rings (SSSR count). The first kappa shape index (κ1) is 19.5. The number of halogens is 1. The first-order valence-electron chi connectivity index (χ1n) is 7.97. The molecule has 0 saturated heterocycles. The molecule has 2 amide bonds. The molecule has 0 unspecified atom stereocenters. The van der Waals surface area contributed by atoms with Crippen molar-refractivity contribution in [2.75, 3.05) is 11.9 Å². The summed E-state index contributed by atoms with van der Waals surface area (Å²) in [5.74, 6) is -0.597. The molecule has 1 aromatic carbocycles. The Bertz CT molecular complexity index is 828. The number of rotatable bonds is 7. The highest BCUT2D eigenvalue weighted by Crippen LogP contribution is 2.25. The van der Waals surface area contributed by atoms with Crippen LogP contribution in [0.15, 0.2) is 24.3 Å². The third-order valence-corrected chi connectivity index (χ3v) is 3.98. The molecule has 0 aliphatic carbocycles. The lowest BCUT2D eigenvalue weighted by Crippen LogP contribution is -2.18. The predicted octanol–water partition coefficient (Wildman–Crippen LogP) is 2.73. The second-order valence-electron chi connectivity index (χ2n) is 5.66. The van der Waals surface area contributed by atoms with Crippen molar-refractivity contribution in [1.82, 2.24) is 9.97 Å². The van der Waals surface area contributed by atoms with Gasteiger partial charge >= 0.3 is 6.09 Å². The average Bonchev–Trinajstić information content (AvgIpc) is 2.59. The molecule has 0 radical (unpaired) electrons. The first-order valence-corrected chi connectivity index (χ1v) is 8.35. The maximum atomic E-state index is 11.7. The van der Waals surface area contributed by atoms with E-state index in [1.807, 2.05) is 32.0 Å². The van der Waals surface area contributed by atoms with Gasteiger partial charge < -0.3 is 21.5 Å². The first-order chi connectivity index (χ1) is 12.3. The summed E-state index contributed by atoms with van der Waals surface area (Å²) in [7, 11) is 0. The van der Waals surface area contributed by atoms with Crippen LogP contribution < -0.4 is 16.8 Å². The van der Waals surface area contributed by atoms with Gasteiger partial charge in [-0.3, -0.25) is 4.79 Å². The monoisotopic (exact) mass is 377 g/mol. The van der Waals surface area contributed by atoms with Crippen LogP contribution in [0.3, 0.4) is 0 Å². The Morgan fingerprint density at radius 3 is 2.65 bits per heavy atom. The molecule has 8 nitrogen and oxygen atoms in total. The number of nitrogens with one attached hydrogen (secondary N) is 1. The Morgan fingerprint density at radius 2 is 2.04 bits per heavy atom. The number of amides is 2. The molecule has 1 atom stereocenters. The Kier molecular flexibility index (Phi) is 6.35. The van der Waals surface area contributed by atoms with Crippen molar-refractivity contribution in [2.24, 2.45) is 11.5 Å². The van der Waals surface area contributed by atoms with E-state index in [4.69, 9.17) is 27.8 Å². The molecule has 0 bridgehead atoms. The Balaban J connectivity index is 2.28. The maximum absolute atomic E-state index is 11.7. The molecule has 9 heteroatoms. The van der Waals surface area contributed by atoms with Crippen molar-refractivity contribution in [2.45, 2.75) is 26.2 Å². The topological polar surface area (TPSA) is 133 Å². The zero-order valence-electron chi connectivity index (χ0n) is 14.5. The van der Waals surface area contributed by atoms with Gasteiger partial charge in [0.05, 0.1) is 12.3 Å². The highest BCUT2D eigenvalue weighted by Gasteiger charge is 2.17. The van der Waals surface area contributed by atoms with Gasteiger partial charge in [-0.25, -0.2) is 14.8 Å². The van der Waals surface area contributed by atoms with Crippen LogP contribution in [0.25, 0.3) is 0 Å². The van der Waals surface area contributed by atoms with Gasteiger partial charge in [0.15, 0.2) is 16.7 Å². The molecule has 1 heterocycles. The molecule has 0 saturated carbocycles. The normalized spacial score (nSPS) is 11.7. The van der Waals surface area contributed by atoms with Gasteiger partial charge in [0, 0.05) is 11.6 Å². The SMILES string of the molecule is CCc1nc(C(N)=O)c(Nc2cccc([C@@H](C)COC(N)=O)c2)nc1Cl. The number of aromatic nitrogens is 2. The number of aryl methyl sites for hydroxylation is 1. The van der Waals surface area contributed by atoms with E-state index in [9.17, 15) is 9.59 Å². The summed E-state index contributed by atoms with van der Waals surface area (Å²) in [4.78, 5) is 30.8. The number of anilines is 2. The van der Waals surface area contributed by atoms with Gasteiger partial charge in [-0.1, -0.05) is 37.6 Å². The smallest absolute Gasteiger partial charge is 0.404 e. The highest BCUT2D eigenvalue weighted by molar-refractivity contribution is 6.30. The molecular weight excluding hydrogens is 358 g/mol. The fourth-order valence-electron chi connectivity index (χ4n) is 2.30. The van der Waals surface area contributed by atoms with Crippen LogP contribution in [0.1, 0.15) is 41.5 Å². The molecular formula is C17H20ClN5O3. The van der Waals surface area contributed by atoms with Gasteiger partial charge in [0.25, 0.3) is 5.91 Å². The summed E-state index contributed by atoms with van der Waals surface area (Å²) in [6, 6.07) is 7.33. The minimum atomic E-state index is -0.821. The summed E-state index contributed by atoms with van der Waals surface area (Å²) in [6.07, 6.45) is -0.294. The van der Waals surface area contributed by atoms with Gasteiger partial charge in [-0.2, -0.15) is 0 Å². The summed E-state index contributed by atoms with van der Waals surface area (Å²) in [5.41, 5.74) is 12.5. The second kappa shape index (κ2) is 8.48. The molecule has 5 N–H and O–H groups in total. The number of carbonyl (C=O) groups excluding carboxylic acids is 2. The molecule has 0 fully saturated rings. The minimum absolute atomic E-state index is 0.0155. The molecule has 1 aromatic heterocycles. The number of carbonyl (C=O) groups is 2. The fraction of sp³-hybridized carbons (Fsp3) is 0.294. The van der Waals surface area contributed by atoms with Crippen molar-refractivity contribution in [1.29, 1.82) is 0 Å². The number of nitrogens with two attached hydrogens (primary N) is 2. The Morgan fingerprint density at radius 1 is 1.31 bits per heavy atom. The van der Waals surface area contributed by atoms with Gasteiger partial charge in [0.2, 0.25) is 0 Å². The quantitative estimate of drug-likeness (QED) is 0.679. The van der Waals surface area contributed by atoms with Crippen LogP contribution in [-0.4, -0.2) is 28.6 Å². The van der Waals surface area contributed by atoms with Crippen molar-refractivity contribution in [3.8, 4) is 0 Å². The molecule has 2 aromatic rings. The van der Waals surface area contributed by atoms with E-state index in [-0.39, 0.29) is 29.2 Å². The van der Waals surface area contributed by atoms with E-state index < -0.39 is 12.0 Å². The van der Waals surface area contributed by atoms with Crippen LogP contribution in [-0.2, 0) is 11.2 Å². The fourth-order valence-corrected chi connectivity index (χ4v) is 2.56. The summed E-state index contributed by atoms with van der Waals surface area (Å²) in [5, 5.41) is 3.22. The number of hydrogen-bond acceptors (Lipinski definition) is 6. The number of primary amides is 2. The molecule has 138 valence electrons. The zero-order valence-corrected chi connectivity index (χ0v) is 15.2. The van der Waals surface area contributed by atoms with E-state index >= 15 is 0 Å². The van der Waals surface area contributed by atoms with Crippen molar-refractivity contribution < 1.29 is 14.3 Å². The lowest BCUT2D eigenvalue weighted by molar-refractivity contribution is 0.0996. The minimum Gasteiger partial charge on any atom is -0.449 e. The number of hydrogen-bond donors (Lipinski definition) is 3. The van der Waals surface area contributed by atoms with Crippen LogP contribution in [0.5, 0.6) is 0 Å². The van der Waals surface area contributed by atoms with Crippen LogP contribution in [0.4, 0.5) is 16.3 Å². The van der Waals surface area contributed by atoms with Crippen LogP contribution in [0.2, 0.25) is 5.15 Å². The highest BCUT2D eigenvalue weighted by atomic mass is 35.5. The van der Waals surface area contributed by atoms with E-state index in [1.165, 1.54) is 0 Å². The second-order valence-corrected chi connectivity index (χ2v) is 6.02. The number of nitrogens with zero attached hydrogens (tertiary/aromatic N) is 2. The van der Waals surface area contributed by atoms with Crippen molar-refractivity contribution in [3.05, 3.63) is 46.4 Å². The predicted molar refractivity (Wildman–Crippen MR) is 98.6 cm³/mol.